The number of β-amino-alcohol motifs (C(OH)–C–C–N with tert-alkyl or cyclic N) is 1. The van der Waals surface area contributed by atoms with Crippen LogP contribution in [0.3, 0.4) is 0 Å². The van der Waals surface area contributed by atoms with Crippen LogP contribution in [0.2, 0.25) is 0 Å². The van der Waals surface area contributed by atoms with Crippen LogP contribution in [0.25, 0.3) is 0 Å². The predicted octanol–water partition coefficient (Wildman–Crippen LogP) is 4.57. The summed E-state index contributed by atoms with van der Waals surface area (Å²) >= 11 is 0. The molecular weight excluding hydrogens is 324 g/mol. The van der Waals surface area contributed by atoms with Crippen molar-refractivity contribution < 1.29 is 9.90 Å². The quantitative estimate of drug-likeness (QED) is 0.588. The normalized spacial score (nSPS) is 17.5. The number of nitrogens with zero attached hydrogens (tertiary/aromatic N) is 2. The molecule has 1 amide bonds. The van der Waals surface area contributed by atoms with Gasteiger partial charge in [0.25, 0.3) is 0 Å². The number of benzene rings is 1. The molecule has 0 spiro atoms. The van der Waals surface area contributed by atoms with Gasteiger partial charge in [-0.3, -0.25) is 4.79 Å². The Morgan fingerprint density at radius 2 is 1.58 bits per heavy atom. The van der Waals surface area contributed by atoms with Crippen molar-refractivity contribution in [1.29, 1.82) is 0 Å². The van der Waals surface area contributed by atoms with E-state index in [0.29, 0.717) is 19.5 Å². The first kappa shape index (κ1) is 20.8. The number of para-hydroxylation sites is 1. The first-order valence-corrected chi connectivity index (χ1v) is 10.5. The van der Waals surface area contributed by atoms with Gasteiger partial charge in [0.1, 0.15) is 6.23 Å². The maximum atomic E-state index is 12.4. The number of piperazine rings is 1. The average Bonchev–Trinajstić information content (AvgIpc) is 2.67. The van der Waals surface area contributed by atoms with Crippen molar-refractivity contribution in [2.75, 3.05) is 24.5 Å². The second-order valence-electron chi connectivity index (χ2n) is 7.43. The molecule has 0 aliphatic carbocycles. The lowest BCUT2D eigenvalue weighted by atomic mass is 10.1. The van der Waals surface area contributed by atoms with Gasteiger partial charge in [-0.05, 0) is 18.6 Å². The standard InChI is InChI=1S/C22H36N2O2/c1-2-3-4-5-6-7-8-9-13-16-21(25)24-18-17-23(19-22(24)26)20-14-11-10-12-15-20/h10-12,14-15,22,26H,2-9,13,16-19H2,1H3. The summed E-state index contributed by atoms with van der Waals surface area (Å²) in [7, 11) is 0. The van der Waals surface area contributed by atoms with Crippen LogP contribution in [0, 0.1) is 0 Å². The van der Waals surface area contributed by atoms with E-state index >= 15 is 0 Å². The number of hydrogen-bond acceptors (Lipinski definition) is 3. The maximum Gasteiger partial charge on any atom is 0.224 e. The average molecular weight is 361 g/mol. The highest BCUT2D eigenvalue weighted by atomic mass is 16.3. The number of anilines is 1. The number of rotatable bonds is 11. The summed E-state index contributed by atoms with van der Waals surface area (Å²) in [6.45, 7) is 4.12. The highest BCUT2D eigenvalue weighted by molar-refractivity contribution is 5.76. The number of carbonyl (C=O) groups excluding carboxylic acids is 1. The molecule has 0 aromatic heterocycles. The van der Waals surface area contributed by atoms with Crippen molar-refractivity contribution in [2.45, 2.75) is 77.4 Å². The van der Waals surface area contributed by atoms with Crippen LogP contribution >= 0.6 is 0 Å². The molecule has 1 aliphatic rings. The van der Waals surface area contributed by atoms with Gasteiger partial charge in [0.05, 0.1) is 6.54 Å². The fraction of sp³-hybridized carbons (Fsp3) is 0.682. The van der Waals surface area contributed by atoms with Crippen LogP contribution in [0.4, 0.5) is 5.69 Å². The van der Waals surface area contributed by atoms with Crippen molar-refractivity contribution in [3.63, 3.8) is 0 Å². The van der Waals surface area contributed by atoms with E-state index in [1.54, 1.807) is 4.90 Å². The monoisotopic (exact) mass is 360 g/mol. The van der Waals surface area contributed by atoms with Crippen LogP contribution < -0.4 is 4.90 Å². The van der Waals surface area contributed by atoms with Crippen LogP contribution in [-0.2, 0) is 4.79 Å². The number of aliphatic hydroxyl groups is 1. The molecule has 1 N–H and O–H groups in total. The molecule has 2 rings (SSSR count). The fourth-order valence-corrected chi connectivity index (χ4v) is 3.66. The van der Waals surface area contributed by atoms with E-state index in [2.05, 4.69) is 11.8 Å². The molecule has 146 valence electrons. The lowest BCUT2D eigenvalue weighted by Crippen LogP contribution is -2.55. The van der Waals surface area contributed by atoms with Crippen molar-refractivity contribution in [1.82, 2.24) is 4.90 Å². The second-order valence-corrected chi connectivity index (χ2v) is 7.43. The van der Waals surface area contributed by atoms with Crippen LogP contribution in [0.15, 0.2) is 30.3 Å². The van der Waals surface area contributed by atoms with Crippen molar-refractivity contribution >= 4 is 11.6 Å². The summed E-state index contributed by atoms with van der Waals surface area (Å²) in [4.78, 5) is 16.2. The molecule has 1 aromatic carbocycles. The van der Waals surface area contributed by atoms with Gasteiger partial charge in [-0.1, -0.05) is 76.5 Å². The number of carbonyl (C=O) groups is 1. The lowest BCUT2D eigenvalue weighted by molar-refractivity contribution is -0.142. The van der Waals surface area contributed by atoms with Gasteiger partial charge < -0.3 is 14.9 Å². The van der Waals surface area contributed by atoms with Crippen LogP contribution in [0.1, 0.15) is 71.1 Å². The van der Waals surface area contributed by atoms with Gasteiger partial charge in [0.15, 0.2) is 0 Å². The molecule has 26 heavy (non-hydrogen) atoms. The highest BCUT2D eigenvalue weighted by Crippen LogP contribution is 2.19. The minimum absolute atomic E-state index is 0.105. The van der Waals surface area contributed by atoms with Gasteiger partial charge in [0.2, 0.25) is 5.91 Å². The van der Waals surface area contributed by atoms with Crippen LogP contribution in [-0.4, -0.2) is 41.8 Å². The summed E-state index contributed by atoms with van der Waals surface area (Å²) in [5.41, 5.74) is 1.11. The Morgan fingerprint density at radius 3 is 2.19 bits per heavy atom. The fourth-order valence-electron chi connectivity index (χ4n) is 3.66. The van der Waals surface area contributed by atoms with Gasteiger partial charge in [-0.15, -0.1) is 0 Å². The third-order valence-corrected chi connectivity index (χ3v) is 5.29. The molecule has 1 atom stereocenters. The molecule has 1 unspecified atom stereocenters. The Labute approximate surface area is 159 Å². The first-order chi connectivity index (χ1) is 12.7. The zero-order valence-corrected chi connectivity index (χ0v) is 16.4. The van der Waals surface area contributed by atoms with E-state index in [-0.39, 0.29) is 5.91 Å². The Balaban J connectivity index is 1.58. The molecule has 1 fully saturated rings. The van der Waals surface area contributed by atoms with E-state index in [0.717, 1.165) is 25.1 Å². The highest BCUT2D eigenvalue weighted by Gasteiger charge is 2.28. The molecule has 4 nitrogen and oxygen atoms in total. The summed E-state index contributed by atoms with van der Waals surface area (Å²) in [6.07, 6.45) is 11.1. The van der Waals surface area contributed by atoms with Crippen LogP contribution in [0.5, 0.6) is 0 Å². The number of aliphatic hydroxyl groups excluding tert-OH is 1. The van der Waals surface area contributed by atoms with Crippen molar-refractivity contribution in [3.05, 3.63) is 30.3 Å². The van der Waals surface area contributed by atoms with E-state index in [1.165, 1.54) is 44.9 Å². The Hall–Kier alpha value is -1.55. The largest absolute Gasteiger partial charge is 0.372 e. The Kier molecular flexibility index (Phi) is 9.54. The third kappa shape index (κ3) is 6.99. The summed E-state index contributed by atoms with van der Waals surface area (Å²) < 4.78 is 0. The predicted molar refractivity (Wildman–Crippen MR) is 108 cm³/mol. The molecule has 0 bridgehead atoms. The van der Waals surface area contributed by atoms with Crippen molar-refractivity contribution in [2.24, 2.45) is 0 Å². The number of amides is 1. The summed E-state index contributed by atoms with van der Waals surface area (Å²) in [5.74, 6) is 0.105. The molecule has 0 radical (unpaired) electrons. The molecule has 1 aromatic rings. The van der Waals surface area contributed by atoms with E-state index in [9.17, 15) is 9.90 Å². The Morgan fingerprint density at radius 1 is 0.962 bits per heavy atom. The van der Waals surface area contributed by atoms with Gasteiger partial charge in [-0.2, -0.15) is 0 Å². The smallest absolute Gasteiger partial charge is 0.224 e. The summed E-state index contributed by atoms with van der Waals surface area (Å²) in [5, 5.41) is 10.4. The van der Waals surface area contributed by atoms with Gasteiger partial charge >= 0.3 is 0 Å². The molecule has 0 saturated carbocycles. The van der Waals surface area contributed by atoms with Crippen molar-refractivity contribution in [3.8, 4) is 0 Å². The number of unbranched alkanes of at least 4 members (excludes halogenated alkanes) is 8. The zero-order valence-electron chi connectivity index (χ0n) is 16.4. The number of hydrogen-bond donors (Lipinski definition) is 1. The first-order valence-electron chi connectivity index (χ1n) is 10.5. The van der Waals surface area contributed by atoms with Gasteiger partial charge in [0, 0.05) is 25.2 Å². The molecule has 1 heterocycles. The summed E-state index contributed by atoms with van der Waals surface area (Å²) in [6, 6.07) is 10.1. The molecule has 1 aliphatic heterocycles. The molecule has 1 saturated heterocycles. The maximum absolute atomic E-state index is 12.4. The molecule has 4 heteroatoms. The topological polar surface area (TPSA) is 43.8 Å². The lowest BCUT2D eigenvalue weighted by Gasteiger charge is -2.40. The van der Waals surface area contributed by atoms with E-state index in [4.69, 9.17) is 0 Å². The Bertz CT molecular complexity index is 506. The minimum Gasteiger partial charge on any atom is -0.372 e. The van der Waals surface area contributed by atoms with E-state index < -0.39 is 6.23 Å². The third-order valence-electron chi connectivity index (χ3n) is 5.29. The van der Waals surface area contributed by atoms with E-state index in [1.807, 2.05) is 30.3 Å². The SMILES string of the molecule is CCCCCCCCCCCC(=O)N1CCN(c2ccccc2)CC1O. The van der Waals surface area contributed by atoms with Gasteiger partial charge in [-0.25, -0.2) is 0 Å². The second kappa shape index (κ2) is 11.9. The zero-order chi connectivity index (χ0) is 18.6. The minimum atomic E-state index is -0.699. The molecular formula is C22H36N2O2.